The van der Waals surface area contributed by atoms with Gasteiger partial charge in [-0.1, -0.05) is 0 Å². The van der Waals surface area contributed by atoms with E-state index in [4.69, 9.17) is 9.16 Å². The summed E-state index contributed by atoms with van der Waals surface area (Å²) in [6.07, 6.45) is 0.641. The average molecular weight is 686 g/mol. The van der Waals surface area contributed by atoms with E-state index in [1.54, 1.807) is 0 Å². The van der Waals surface area contributed by atoms with Crippen LogP contribution in [0.5, 0.6) is 5.75 Å². The Bertz CT molecular complexity index is 1580. The summed E-state index contributed by atoms with van der Waals surface area (Å²) in [6.45, 7) is 11.1. The van der Waals surface area contributed by atoms with Gasteiger partial charge in [0.05, 0.1) is 0 Å². The molecule has 0 saturated carbocycles. The fraction of sp³-hybridized carbons (Fsp3) is 0.273. The van der Waals surface area contributed by atoms with Crippen LogP contribution < -0.4 is 4.74 Å². The summed E-state index contributed by atoms with van der Waals surface area (Å²) in [5.74, 6) is 0.991. The van der Waals surface area contributed by atoms with Gasteiger partial charge >= 0.3 is 236 Å². The number of hydrogen-bond acceptors (Lipinski definition) is 2. The molecule has 0 bridgehead atoms. The molecule has 7 heteroatoms. The van der Waals surface area contributed by atoms with E-state index in [1.807, 2.05) is 0 Å². The Morgan fingerprint density at radius 1 is 0.750 bits per heavy atom. The summed E-state index contributed by atoms with van der Waals surface area (Å²) in [6, 6.07) is 31.8. The van der Waals surface area contributed by atoms with Crippen LogP contribution in [-0.2, 0) is 32.9 Å². The Hall–Kier alpha value is -1.46. The Morgan fingerprint density at radius 2 is 1.27 bits per heavy atom. The molecule has 4 aromatic carbocycles. The van der Waals surface area contributed by atoms with Crippen molar-refractivity contribution in [3.8, 4) is 28.0 Å². The molecule has 0 saturated heterocycles. The molecule has 4 aromatic rings. The third kappa shape index (κ3) is 4.95. The first kappa shape index (κ1) is 31.5. The molecule has 0 amide bonds. The monoisotopic (exact) mass is 683 g/mol. The molecule has 0 spiro atoms. The molecule has 40 heavy (non-hydrogen) atoms. The Morgan fingerprint density at radius 3 is 1.82 bits per heavy atom. The predicted molar refractivity (Wildman–Crippen MR) is 176 cm³/mol. The zero-order chi connectivity index (χ0) is 26.9. The van der Waals surface area contributed by atoms with E-state index in [0.717, 1.165) is 12.2 Å². The molecular weight excluding hydrogens is 647 g/mol. The third-order valence-electron chi connectivity index (χ3n) is 8.10. The van der Waals surface area contributed by atoms with E-state index in [1.165, 1.54) is 50.1 Å². The van der Waals surface area contributed by atoms with Gasteiger partial charge in [-0.2, -0.15) is 0 Å². The summed E-state index contributed by atoms with van der Waals surface area (Å²) in [5, 5.41) is 0. The van der Waals surface area contributed by atoms with Crippen molar-refractivity contribution in [1.82, 2.24) is 0 Å². The van der Waals surface area contributed by atoms with Crippen LogP contribution in [0.1, 0.15) is 34.7 Å². The van der Waals surface area contributed by atoms with Crippen LogP contribution in [0.2, 0.25) is 28.9 Å². The fourth-order valence-electron chi connectivity index (χ4n) is 6.97. The minimum atomic E-state index is -2.93. The average Bonchev–Trinajstić information content (AvgIpc) is 3.37. The zero-order valence-electron chi connectivity index (χ0n) is 24.2. The van der Waals surface area contributed by atoms with Crippen molar-refractivity contribution < 1.29 is 28.0 Å². The summed E-state index contributed by atoms with van der Waals surface area (Å²) >= 11 is -2.93. The molecule has 2 aliphatic carbocycles. The molecule has 209 valence electrons. The molecule has 6 rings (SSSR count). The molecule has 0 aromatic heterocycles. The zero-order valence-corrected chi connectivity index (χ0v) is 30.7. The number of hydrogen-bond donors (Lipinski definition) is 0. The first-order valence-electron chi connectivity index (χ1n) is 13.7. The third-order valence-corrected chi connectivity index (χ3v) is 19.2. The van der Waals surface area contributed by atoms with Crippen molar-refractivity contribution in [1.29, 1.82) is 0 Å². The molecule has 0 N–H and O–H groups in total. The number of halogens is 2. The van der Waals surface area contributed by atoms with Crippen molar-refractivity contribution in [3.63, 3.8) is 0 Å². The smallest absolute Gasteiger partial charge is 0.147 e. The summed E-state index contributed by atoms with van der Waals surface area (Å²) in [7, 11) is -1.78. The number of ether oxygens (including phenoxy) is 1. The maximum atomic E-state index is 6.86. The van der Waals surface area contributed by atoms with Crippen LogP contribution in [0.3, 0.4) is 0 Å². The SMILES string of the molecule is CC(Oc1ccc2c(c1[C]1([Zr]([CH3])([CH3])=[SiH2])c3ccccc3-c3ccccc31)Cc1ccccc1-2)O[Si](C)(C)C.Cl.Cl. The predicted octanol–water partition coefficient (Wildman–Crippen LogP) is 8.75. The molecule has 0 fully saturated rings. The van der Waals surface area contributed by atoms with Gasteiger partial charge in [-0.05, 0) is 0 Å². The van der Waals surface area contributed by atoms with E-state index in [9.17, 15) is 0 Å². The second-order valence-electron chi connectivity index (χ2n) is 12.4. The van der Waals surface area contributed by atoms with Gasteiger partial charge in [-0.15, -0.1) is 24.8 Å². The molecule has 1 unspecified atom stereocenters. The molecule has 0 aliphatic heterocycles. The van der Waals surface area contributed by atoms with Crippen molar-refractivity contribution in [2.75, 3.05) is 0 Å². The van der Waals surface area contributed by atoms with Crippen LogP contribution in [0.4, 0.5) is 0 Å². The normalized spacial score (nSPS) is 15.1. The maximum absolute atomic E-state index is 6.86. The van der Waals surface area contributed by atoms with Gasteiger partial charge in [-0.3, -0.25) is 0 Å². The molecule has 2 aliphatic rings. The first-order chi connectivity index (χ1) is 18.0. The Labute approximate surface area is 258 Å². The topological polar surface area (TPSA) is 18.5 Å². The maximum Gasteiger partial charge on any atom is -0.147 e. The molecule has 1 atom stereocenters. The van der Waals surface area contributed by atoms with Crippen LogP contribution in [-0.4, -0.2) is 21.5 Å². The van der Waals surface area contributed by atoms with Gasteiger partial charge in [0, 0.05) is 0 Å². The van der Waals surface area contributed by atoms with Gasteiger partial charge in [0.1, 0.15) is 0 Å². The Balaban J connectivity index is 0.00000185. The second-order valence-corrected chi connectivity index (χ2v) is 38.5. The minimum Gasteiger partial charge on any atom is -0.147 e. The van der Waals surface area contributed by atoms with Crippen molar-refractivity contribution in [2.45, 2.75) is 51.7 Å². The molecular formula is C33H39Cl2O2Si2Zr. The molecule has 2 nitrogen and oxygen atoms in total. The van der Waals surface area contributed by atoms with Crippen molar-refractivity contribution in [2.24, 2.45) is 0 Å². The van der Waals surface area contributed by atoms with Crippen molar-refractivity contribution >= 4 is 40.0 Å². The van der Waals surface area contributed by atoms with Gasteiger partial charge < -0.3 is 0 Å². The van der Waals surface area contributed by atoms with E-state index in [2.05, 4.69) is 128 Å². The number of benzene rings is 4. The summed E-state index contributed by atoms with van der Waals surface area (Å²) < 4.78 is 18.3. The molecule has 0 radical (unpaired) electrons. The largest absolute Gasteiger partial charge is 0.147 e. The van der Waals surface area contributed by atoms with E-state index >= 15 is 0 Å². The number of fused-ring (bicyclic) bond motifs is 6. The van der Waals surface area contributed by atoms with Crippen LogP contribution in [0.25, 0.3) is 22.3 Å². The fourth-order valence-corrected chi connectivity index (χ4v) is 18.3. The van der Waals surface area contributed by atoms with Gasteiger partial charge in [0.2, 0.25) is 0 Å². The Kier molecular flexibility index (Phi) is 8.91. The molecule has 0 heterocycles. The van der Waals surface area contributed by atoms with Crippen LogP contribution in [0, 0.1) is 0 Å². The van der Waals surface area contributed by atoms with Crippen molar-refractivity contribution in [3.05, 3.63) is 113 Å². The van der Waals surface area contributed by atoms with Gasteiger partial charge in [0.25, 0.3) is 0 Å². The first-order valence-corrected chi connectivity index (χ1v) is 29.1. The quantitative estimate of drug-likeness (QED) is 0.132. The van der Waals surface area contributed by atoms with Crippen LogP contribution in [0.15, 0.2) is 84.9 Å². The van der Waals surface area contributed by atoms with Gasteiger partial charge in [0.15, 0.2) is 0 Å². The summed E-state index contributed by atoms with van der Waals surface area (Å²) in [5.41, 5.74) is 12.7. The summed E-state index contributed by atoms with van der Waals surface area (Å²) in [4.78, 5) is 0. The minimum absolute atomic E-state index is 0. The van der Waals surface area contributed by atoms with E-state index < -0.39 is 27.2 Å². The standard InChI is InChI=1S/C31H29O2Si.2CH3.2ClH.H2Si.Zr/c1-20(33-34(2,3)4)32-29-18-17-25-22-12-6-5-11-21(22)19-28(25)31(29)30-26-15-9-7-13-23(26)24-14-8-10-16-27(24)30;;;;;;/h5-18,20H,19H2,1-4H3;2*1H3;2*1H;1H2;. The van der Waals surface area contributed by atoms with Crippen LogP contribution >= 0.6 is 24.8 Å². The second kappa shape index (κ2) is 11.3. The van der Waals surface area contributed by atoms with E-state index in [0.29, 0.717) is 0 Å². The number of rotatable bonds is 6. The van der Waals surface area contributed by atoms with E-state index in [-0.39, 0.29) is 34.2 Å². The van der Waals surface area contributed by atoms with Gasteiger partial charge in [-0.25, -0.2) is 0 Å².